The molecule has 1 heterocycles. The third-order valence-corrected chi connectivity index (χ3v) is 5.95. The number of amides is 1. The minimum Gasteiger partial charge on any atom is -0.355 e. The molecule has 23 heavy (non-hydrogen) atoms. The van der Waals surface area contributed by atoms with Gasteiger partial charge >= 0.3 is 0 Å². The maximum atomic E-state index is 13.5. The third-order valence-electron chi connectivity index (χ3n) is 3.27. The van der Waals surface area contributed by atoms with Crippen molar-refractivity contribution >= 4 is 27.1 Å². The van der Waals surface area contributed by atoms with Crippen LogP contribution in [-0.2, 0) is 21.1 Å². The normalized spacial score (nSPS) is 11.3. The lowest BCUT2D eigenvalue weighted by atomic mass is 10.2. The van der Waals surface area contributed by atoms with Gasteiger partial charge < -0.3 is 5.32 Å². The smallest absolute Gasteiger partial charge is 0.220 e. The molecule has 0 spiro atoms. The number of carbonyl (C=O) groups is 1. The van der Waals surface area contributed by atoms with Crippen LogP contribution in [0.25, 0.3) is 0 Å². The summed E-state index contributed by atoms with van der Waals surface area (Å²) in [7, 11) is -3.73. The maximum Gasteiger partial charge on any atom is 0.220 e. The average molecular weight is 355 g/mol. The molecule has 0 fully saturated rings. The molecule has 4 nitrogen and oxygen atoms in total. The number of sulfone groups is 1. The highest BCUT2D eigenvalue weighted by Crippen LogP contribution is 2.15. The highest BCUT2D eigenvalue weighted by Gasteiger charge is 2.18. The summed E-state index contributed by atoms with van der Waals surface area (Å²) in [6.07, 6.45) is 1.89. The minimum absolute atomic E-state index is 0.0193. The molecule has 0 aliphatic heterocycles. The van der Waals surface area contributed by atoms with Crippen molar-refractivity contribution in [2.45, 2.75) is 24.2 Å². The number of halogens is 1. The van der Waals surface area contributed by atoms with Gasteiger partial charge in [-0.1, -0.05) is 18.2 Å². The van der Waals surface area contributed by atoms with Gasteiger partial charge in [-0.25, -0.2) is 12.8 Å². The second-order valence-electron chi connectivity index (χ2n) is 5.03. The fourth-order valence-corrected chi connectivity index (χ4v) is 4.09. The van der Waals surface area contributed by atoms with E-state index in [0.717, 1.165) is 12.5 Å². The monoisotopic (exact) mass is 355 g/mol. The van der Waals surface area contributed by atoms with Crippen LogP contribution in [0.1, 0.15) is 17.7 Å². The highest BCUT2D eigenvalue weighted by atomic mass is 32.2. The number of thiophene rings is 1. The van der Waals surface area contributed by atoms with Gasteiger partial charge in [0.1, 0.15) is 10.7 Å². The van der Waals surface area contributed by atoms with Crippen LogP contribution in [0.5, 0.6) is 0 Å². The molecule has 0 bridgehead atoms. The Balaban J connectivity index is 1.73. The molecule has 1 aromatic heterocycles. The summed E-state index contributed by atoms with van der Waals surface area (Å²) in [5.74, 6) is -1.27. The van der Waals surface area contributed by atoms with Crippen molar-refractivity contribution in [3.8, 4) is 0 Å². The van der Waals surface area contributed by atoms with Crippen molar-refractivity contribution in [2.75, 3.05) is 12.3 Å². The van der Waals surface area contributed by atoms with E-state index in [9.17, 15) is 17.6 Å². The fourth-order valence-electron chi connectivity index (χ4n) is 2.10. The van der Waals surface area contributed by atoms with Gasteiger partial charge in [-0.3, -0.25) is 4.79 Å². The number of hydrogen-bond acceptors (Lipinski definition) is 4. The number of aryl methyl sites for hydroxylation is 1. The van der Waals surface area contributed by atoms with Crippen molar-refractivity contribution in [1.82, 2.24) is 5.32 Å². The molecule has 0 saturated heterocycles. The van der Waals surface area contributed by atoms with Crippen LogP contribution in [0, 0.1) is 5.82 Å². The van der Waals surface area contributed by atoms with E-state index in [1.165, 1.54) is 23.1 Å². The molecule has 1 N–H and O–H groups in total. The zero-order valence-electron chi connectivity index (χ0n) is 12.5. The Labute approximate surface area is 139 Å². The topological polar surface area (TPSA) is 63.2 Å². The molecule has 1 amide bonds. The van der Waals surface area contributed by atoms with E-state index in [2.05, 4.69) is 5.32 Å². The predicted octanol–water partition coefficient (Wildman–Crippen LogP) is 2.80. The summed E-state index contributed by atoms with van der Waals surface area (Å²) in [6, 6.07) is 9.23. The first-order valence-corrected chi connectivity index (χ1v) is 9.78. The number of carbonyl (C=O) groups excluding carboxylic acids is 1. The summed E-state index contributed by atoms with van der Waals surface area (Å²) in [6.45, 7) is -0.0193. The zero-order valence-corrected chi connectivity index (χ0v) is 14.1. The molecule has 0 atom stereocenters. The van der Waals surface area contributed by atoms with E-state index in [4.69, 9.17) is 0 Å². The van der Waals surface area contributed by atoms with E-state index in [1.807, 2.05) is 17.5 Å². The predicted molar refractivity (Wildman–Crippen MR) is 88.7 cm³/mol. The van der Waals surface area contributed by atoms with Gasteiger partial charge in [0.2, 0.25) is 5.91 Å². The van der Waals surface area contributed by atoms with Gasteiger partial charge in [-0.2, -0.15) is 0 Å². The zero-order chi connectivity index (χ0) is 16.7. The van der Waals surface area contributed by atoms with Crippen LogP contribution in [0.4, 0.5) is 4.39 Å². The largest absolute Gasteiger partial charge is 0.355 e. The minimum atomic E-state index is -3.73. The van der Waals surface area contributed by atoms with Gasteiger partial charge in [-0.05, 0) is 36.4 Å². The maximum absolute atomic E-state index is 13.5. The summed E-state index contributed by atoms with van der Waals surface area (Å²) in [5, 5.41) is 4.56. The summed E-state index contributed by atoms with van der Waals surface area (Å²) >= 11 is 1.65. The second-order valence-corrected chi connectivity index (χ2v) is 8.14. The molecular weight excluding hydrogens is 337 g/mol. The van der Waals surface area contributed by atoms with Crippen molar-refractivity contribution in [2.24, 2.45) is 0 Å². The molecule has 124 valence electrons. The second kappa shape index (κ2) is 8.21. The number of nitrogens with one attached hydrogen (secondary N) is 1. The SMILES string of the molecule is O=C(CCCc1cccs1)NCCS(=O)(=O)c1ccccc1F. The molecule has 1 aromatic carbocycles. The Kier molecular flexibility index (Phi) is 6.29. The van der Waals surface area contributed by atoms with Gasteiger partial charge in [0.25, 0.3) is 0 Å². The van der Waals surface area contributed by atoms with E-state index < -0.39 is 15.7 Å². The van der Waals surface area contributed by atoms with E-state index >= 15 is 0 Å². The summed E-state index contributed by atoms with van der Waals surface area (Å²) < 4.78 is 37.5. The first-order valence-electron chi connectivity index (χ1n) is 7.25. The Morgan fingerprint density at radius 2 is 1.96 bits per heavy atom. The molecular formula is C16H18FNO3S2. The van der Waals surface area contributed by atoms with Crippen molar-refractivity contribution in [1.29, 1.82) is 0 Å². The molecule has 0 saturated carbocycles. The number of hydrogen-bond donors (Lipinski definition) is 1. The van der Waals surface area contributed by atoms with Crippen LogP contribution in [0.15, 0.2) is 46.7 Å². The van der Waals surface area contributed by atoms with Crippen LogP contribution >= 0.6 is 11.3 Å². The molecule has 0 radical (unpaired) electrons. The fraction of sp³-hybridized carbons (Fsp3) is 0.312. The molecule has 0 aliphatic carbocycles. The van der Waals surface area contributed by atoms with E-state index in [1.54, 1.807) is 11.3 Å². The lowest BCUT2D eigenvalue weighted by Crippen LogP contribution is -2.29. The Morgan fingerprint density at radius 1 is 1.17 bits per heavy atom. The van der Waals surface area contributed by atoms with Crippen LogP contribution < -0.4 is 5.32 Å². The standard InChI is InChI=1S/C16H18FNO3S2/c17-14-7-1-2-8-15(14)23(20,21)12-10-18-16(19)9-3-5-13-6-4-11-22-13/h1-2,4,6-8,11H,3,5,9-10,12H2,(H,18,19). The molecule has 0 aliphatic rings. The van der Waals surface area contributed by atoms with Crippen LogP contribution in [0.3, 0.4) is 0 Å². The summed E-state index contributed by atoms with van der Waals surface area (Å²) in [4.78, 5) is 12.6. The number of rotatable bonds is 8. The first-order chi connectivity index (χ1) is 11.0. The van der Waals surface area contributed by atoms with Crippen molar-refractivity contribution in [3.05, 3.63) is 52.5 Å². The average Bonchev–Trinajstić information content (AvgIpc) is 3.00. The Morgan fingerprint density at radius 3 is 2.65 bits per heavy atom. The van der Waals surface area contributed by atoms with E-state index in [-0.39, 0.29) is 23.1 Å². The van der Waals surface area contributed by atoms with Gasteiger partial charge in [-0.15, -0.1) is 11.3 Å². The third kappa shape index (κ3) is 5.44. The van der Waals surface area contributed by atoms with Crippen LogP contribution in [-0.4, -0.2) is 26.6 Å². The highest BCUT2D eigenvalue weighted by molar-refractivity contribution is 7.91. The Bertz CT molecular complexity index is 742. The lowest BCUT2D eigenvalue weighted by Gasteiger charge is -2.07. The molecule has 2 aromatic rings. The van der Waals surface area contributed by atoms with Gasteiger partial charge in [0.05, 0.1) is 5.75 Å². The molecule has 0 unspecified atom stereocenters. The van der Waals surface area contributed by atoms with Gasteiger partial charge in [0, 0.05) is 17.8 Å². The van der Waals surface area contributed by atoms with Crippen molar-refractivity contribution < 1.29 is 17.6 Å². The van der Waals surface area contributed by atoms with E-state index in [0.29, 0.717) is 12.8 Å². The summed E-state index contributed by atoms with van der Waals surface area (Å²) in [5.41, 5.74) is 0. The van der Waals surface area contributed by atoms with Crippen molar-refractivity contribution in [3.63, 3.8) is 0 Å². The first kappa shape index (κ1) is 17.6. The van der Waals surface area contributed by atoms with Crippen LogP contribution in [0.2, 0.25) is 0 Å². The molecule has 7 heteroatoms. The lowest BCUT2D eigenvalue weighted by molar-refractivity contribution is -0.121. The Hall–Kier alpha value is -1.73. The number of benzene rings is 1. The quantitative estimate of drug-likeness (QED) is 0.792. The van der Waals surface area contributed by atoms with Gasteiger partial charge in [0.15, 0.2) is 9.84 Å². The molecule has 2 rings (SSSR count).